The van der Waals surface area contributed by atoms with Crippen LogP contribution in [0.5, 0.6) is 5.75 Å². The Kier molecular flexibility index (Phi) is 7.50. The first-order valence-corrected chi connectivity index (χ1v) is 11.0. The van der Waals surface area contributed by atoms with E-state index in [2.05, 4.69) is 17.1 Å². The van der Waals surface area contributed by atoms with Gasteiger partial charge in [0.05, 0.1) is 12.3 Å². The maximum Gasteiger partial charge on any atom is 0.256 e. The van der Waals surface area contributed by atoms with Gasteiger partial charge >= 0.3 is 0 Å². The molecule has 1 aliphatic carbocycles. The summed E-state index contributed by atoms with van der Waals surface area (Å²) < 4.78 is 7.56. The zero-order valence-electron chi connectivity index (χ0n) is 18.7. The van der Waals surface area contributed by atoms with Gasteiger partial charge < -0.3 is 14.6 Å². The number of carbonyl (C=O) groups excluding carboxylic acids is 2. The van der Waals surface area contributed by atoms with E-state index >= 15 is 0 Å². The van der Waals surface area contributed by atoms with E-state index in [-0.39, 0.29) is 18.4 Å². The van der Waals surface area contributed by atoms with Crippen LogP contribution in [-0.4, -0.2) is 35.7 Å². The lowest BCUT2D eigenvalue weighted by Gasteiger charge is -2.23. The third kappa shape index (κ3) is 5.34. The Morgan fingerprint density at radius 3 is 2.48 bits per heavy atom. The Balaban J connectivity index is 1.75. The number of aromatic nitrogens is 1. The van der Waals surface area contributed by atoms with Crippen molar-refractivity contribution in [1.29, 1.82) is 0 Å². The van der Waals surface area contributed by atoms with Gasteiger partial charge in [-0.05, 0) is 63.9 Å². The van der Waals surface area contributed by atoms with Crippen molar-refractivity contribution in [2.45, 2.75) is 65.3 Å². The molecule has 0 aliphatic heterocycles. The summed E-state index contributed by atoms with van der Waals surface area (Å²) in [6.45, 7) is 10.0. The van der Waals surface area contributed by atoms with E-state index in [0.29, 0.717) is 12.3 Å². The standard InChI is InChI=1S/C24H32N4O3/c1-5-31-21-13-11-20(12-14-21)27-17(2)15-22(18(27)3)28(25-4)24(30)16-23(29)26-19-9-7-6-8-10-19/h11-15,19H,4-10,16H2,1-3H3,(H,26,29). The number of hydrogen-bond acceptors (Lipinski definition) is 4. The molecule has 0 saturated heterocycles. The van der Waals surface area contributed by atoms with E-state index in [9.17, 15) is 9.59 Å². The lowest BCUT2D eigenvalue weighted by molar-refractivity contribution is -0.128. The van der Waals surface area contributed by atoms with E-state index in [0.717, 1.165) is 48.5 Å². The first-order valence-electron chi connectivity index (χ1n) is 11.0. The molecule has 3 rings (SSSR count). The van der Waals surface area contributed by atoms with Crippen molar-refractivity contribution in [3.05, 3.63) is 41.7 Å². The van der Waals surface area contributed by atoms with Crippen LogP contribution in [0.4, 0.5) is 5.69 Å². The number of ether oxygens (including phenoxy) is 1. The molecule has 1 aliphatic rings. The third-order valence-electron chi connectivity index (χ3n) is 5.70. The molecule has 0 bridgehead atoms. The molecule has 0 radical (unpaired) electrons. The number of hydrazone groups is 1. The first-order chi connectivity index (χ1) is 14.9. The van der Waals surface area contributed by atoms with Crippen LogP contribution in [0.25, 0.3) is 5.69 Å². The van der Waals surface area contributed by atoms with Gasteiger partial charge in [-0.15, -0.1) is 0 Å². The Morgan fingerprint density at radius 1 is 1.19 bits per heavy atom. The van der Waals surface area contributed by atoms with E-state index in [1.807, 2.05) is 55.7 Å². The molecule has 1 aromatic heterocycles. The zero-order valence-corrected chi connectivity index (χ0v) is 18.7. The van der Waals surface area contributed by atoms with Crippen LogP contribution in [0.1, 0.15) is 56.8 Å². The van der Waals surface area contributed by atoms with Crippen molar-refractivity contribution < 1.29 is 14.3 Å². The van der Waals surface area contributed by atoms with E-state index in [4.69, 9.17) is 4.74 Å². The molecule has 31 heavy (non-hydrogen) atoms. The lowest BCUT2D eigenvalue weighted by Crippen LogP contribution is -2.39. The average Bonchev–Trinajstić information content (AvgIpc) is 3.04. The number of rotatable bonds is 8. The minimum atomic E-state index is -0.393. The number of hydrogen-bond donors (Lipinski definition) is 1. The van der Waals surface area contributed by atoms with Gasteiger partial charge in [-0.25, -0.2) is 0 Å². The molecular weight excluding hydrogens is 392 g/mol. The van der Waals surface area contributed by atoms with Crippen LogP contribution in [0.3, 0.4) is 0 Å². The Hall–Kier alpha value is -3.09. The van der Waals surface area contributed by atoms with Gasteiger partial charge in [-0.1, -0.05) is 19.3 Å². The molecule has 0 spiro atoms. The fourth-order valence-electron chi connectivity index (χ4n) is 4.24. The van der Waals surface area contributed by atoms with Crippen LogP contribution in [-0.2, 0) is 9.59 Å². The number of anilines is 1. The molecule has 1 heterocycles. The summed E-state index contributed by atoms with van der Waals surface area (Å²) in [6.07, 6.45) is 5.17. The normalized spacial score (nSPS) is 14.2. The van der Waals surface area contributed by atoms with Gasteiger partial charge in [0.1, 0.15) is 12.2 Å². The molecule has 1 fully saturated rings. The Labute approximate surface area is 184 Å². The molecule has 1 N–H and O–H groups in total. The van der Waals surface area contributed by atoms with Crippen molar-refractivity contribution in [2.24, 2.45) is 5.10 Å². The van der Waals surface area contributed by atoms with Crippen molar-refractivity contribution in [3.8, 4) is 11.4 Å². The van der Waals surface area contributed by atoms with Crippen LogP contribution >= 0.6 is 0 Å². The average molecular weight is 425 g/mol. The fourth-order valence-corrected chi connectivity index (χ4v) is 4.24. The van der Waals surface area contributed by atoms with Crippen LogP contribution in [0.15, 0.2) is 35.4 Å². The fraction of sp³-hybridized carbons (Fsp3) is 0.458. The smallest absolute Gasteiger partial charge is 0.256 e. The quantitative estimate of drug-likeness (QED) is 0.390. The van der Waals surface area contributed by atoms with Crippen molar-refractivity contribution in [2.75, 3.05) is 11.6 Å². The largest absolute Gasteiger partial charge is 0.494 e. The predicted molar refractivity (Wildman–Crippen MR) is 123 cm³/mol. The highest BCUT2D eigenvalue weighted by Crippen LogP contribution is 2.29. The molecule has 7 heteroatoms. The van der Waals surface area contributed by atoms with E-state index in [1.54, 1.807) is 0 Å². The molecule has 1 saturated carbocycles. The molecule has 166 valence electrons. The molecule has 0 unspecified atom stereocenters. The second kappa shape index (κ2) is 10.3. The monoisotopic (exact) mass is 424 g/mol. The highest BCUT2D eigenvalue weighted by atomic mass is 16.5. The maximum atomic E-state index is 12.9. The highest BCUT2D eigenvalue weighted by molar-refractivity contribution is 6.05. The van der Waals surface area contributed by atoms with Gasteiger partial charge in [0.15, 0.2) is 0 Å². The van der Waals surface area contributed by atoms with Crippen LogP contribution in [0, 0.1) is 13.8 Å². The number of amides is 2. The highest BCUT2D eigenvalue weighted by Gasteiger charge is 2.24. The number of carbonyl (C=O) groups is 2. The van der Waals surface area contributed by atoms with Crippen molar-refractivity contribution >= 4 is 24.2 Å². The number of nitrogens with zero attached hydrogens (tertiary/aromatic N) is 3. The van der Waals surface area contributed by atoms with E-state index < -0.39 is 5.91 Å². The van der Waals surface area contributed by atoms with E-state index in [1.165, 1.54) is 11.4 Å². The first kappa shape index (κ1) is 22.6. The summed E-state index contributed by atoms with van der Waals surface area (Å²) >= 11 is 0. The third-order valence-corrected chi connectivity index (χ3v) is 5.70. The molecular formula is C24H32N4O3. The topological polar surface area (TPSA) is 75.9 Å². The van der Waals surface area contributed by atoms with Crippen LogP contribution < -0.4 is 15.1 Å². The maximum absolute atomic E-state index is 12.9. The molecule has 7 nitrogen and oxygen atoms in total. The number of benzene rings is 1. The summed E-state index contributed by atoms with van der Waals surface area (Å²) in [6, 6.07) is 9.84. The lowest BCUT2D eigenvalue weighted by atomic mass is 9.95. The molecule has 0 atom stereocenters. The summed E-state index contributed by atoms with van der Waals surface area (Å²) in [5, 5.41) is 8.14. The summed E-state index contributed by atoms with van der Waals surface area (Å²) in [4.78, 5) is 25.3. The van der Waals surface area contributed by atoms with Crippen molar-refractivity contribution in [3.63, 3.8) is 0 Å². The van der Waals surface area contributed by atoms with Gasteiger partial charge in [-0.2, -0.15) is 10.1 Å². The second-order valence-corrected chi connectivity index (χ2v) is 7.94. The summed E-state index contributed by atoms with van der Waals surface area (Å²) in [5.74, 6) is 0.156. The van der Waals surface area contributed by atoms with Gasteiger partial charge in [0.2, 0.25) is 5.91 Å². The molecule has 2 aromatic rings. The van der Waals surface area contributed by atoms with Gasteiger partial charge in [0, 0.05) is 29.8 Å². The second-order valence-electron chi connectivity index (χ2n) is 7.94. The molecule has 2 amide bonds. The minimum Gasteiger partial charge on any atom is -0.494 e. The number of nitrogens with one attached hydrogen (secondary N) is 1. The van der Waals surface area contributed by atoms with Gasteiger partial charge in [-0.3, -0.25) is 9.59 Å². The molecule has 1 aromatic carbocycles. The van der Waals surface area contributed by atoms with Gasteiger partial charge in [0.25, 0.3) is 5.91 Å². The van der Waals surface area contributed by atoms with Crippen LogP contribution in [0.2, 0.25) is 0 Å². The SMILES string of the molecule is C=NN(C(=O)CC(=O)NC1CCCCC1)c1cc(C)n(-c2ccc(OCC)cc2)c1C. The minimum absolute atomic E-state index is 0.170. The summed E-state index contributed by atoms with van der Waals surface area (Å²) in [5.41, 5.74) is 3.37. The zero-order chi connectivity index (χ0) is 22.4. The Bertz CT molecular complexity index is 927. The Morgan fingerprint density at radius 2 is 1.87 bits per heavy atom. The number of aryl methyl sites for hydroxylation is 1. The summed E-state index contributed by atoms with van der Waals surface area (Å²) in [7, 11) is 0. The predicted octanol–water partition coefficient (Wildman–Crippen LogP) is 4.28. The van der Waals surface area contributed by atoms with Crippen molar-refractivity contribution in [1.82, 2.24) is 9.88 Å².